The molecule has 0 spiro atoms. The molecule has 7 heteroatoms. The predicted octanol–water partition coefficient (Wildman–Crippen LogP) is 2.43. The summed E-state index contributed by atoms with van der Waals surface area (Å²) >= 11 is 0. The Hall–Kier alpha value is -1.35. The van der Waals surface area contributed by atoms with E-state index in [0.717, 1.165) is 13.1 Å². The summed E-state index contributed by atoms with van der Waals surface area (Å²) in [4.78, 5) is 20.6. The average molecular weight is 487 g/mol. The van der Waals surface area contributed by atoms with Crippen LogP contribution < -0.4 is 10.6 Å². The van der Waals surface area contributed by atoms with Crippen molar-refractivity contribution < 1.29 is 4.79 Å². The number of benzene rings is 1. The maximum absolute atomic E-state index is 11.8. The number of halogens is 1. The number of hydrogen-bond donors (Lipinski definition) is 2. The summed E-state index contributed by atoms with van der Waals surface area (Å²) in [5.41, 5.74) is 2.59. The normalized spacial score (nSPS) is 15.0. The number of nitrogens with one attached hydrogen (secondary N) is 2. The maximum Gasteiger partial charge on any atom is 0.241 e. The molecular weight excluding hydrogens is 453 g/mol. The van der Waals surface area contributed by atoms with Crippen molar-refractivity contribution in [1.82, 2.24) is 20.4 Å². The minimum Gasteiger partial charge on any atom is -0.357 e. The summed E-state index contributed by atoms with van der Waals surface area (Å²) in [7, 11) is 3.51. The third-order valence-electron chi connectivity index (χ3n) is 4.62. The zero-order valence-corrected chi connectivity index (χ0v) is 19.2. The molecule has 1 aromatic carbocycles. The molecule has 1 fully saturated rings. The molecule has 1 aliphatic rings. The van der Waals surface area contributed by atoms with Gasteiger partial charge in [-0.2, -0.15) is 0 Å². The lowest BCUT2D eigenvalue weighted by molar-refractivity contribution is -0.127. The van der Waals surface area contributed by atoms with Crippen LogP contribution >= 0.6 is 24.0 Å². The fourth-order valence-electron chi connectivity index (χ4n) is 3.05. The number of likely N-dealkylation sites (N-methyl/N-ethyl adjacent to an activating group) is 1. The first kappa shape index (κ1) is 23.7. The molecule has 0 unspecified atom stereocenters. The number of likely N-dealkylation sites (tertiary alicyclic amines) is 1. The van der Waals surface area contributed by atoms with Gasteiger partial charge in [-0.05, 0) is 44.0 Å². The van der Waals surface area contributed by atoms with E-state index >= 15 is 0 Å². The van der Waals surface area contributed by atoms with Gasteiger partial charge in [-0.25, -0.2) is 4.99 Å². The zero-order valence-electron chi connectivity index (χ0n) is 16.8. The number of piperidine rings is 1. The number of carbonyl (C=O) groups excluding carboxylic acids is 1. The smallest absolute Gasteiger partial charge is 0.241 e. The monoisotopic (exact) mass is 487 g/mol. The first-order chi connectivity index (χ1) is 12.6. The van der Waals surface area contributed by atoms with E-state index in [1.165, 1.54) is 43.5 Å². The molecule has 1 aromatic rings. The van der Waals surface area contributed by atoms with Crippen LogP contribution in [-0.2, 0) is 17.9 Å². The molecule has 0 aromatic heterocycles. The van der Waals surface area contributed by atoms with Crippen molar-refractivity contribution in [1.29, 1.82) is 0 Å². The van der Waals surface area contributed by atoms with Crippen molar-refractivity contribution in [3.8, 4) is 0 Å². The number of amides is 1. The Kier molecular flexibility index (Phi) is 11.3. The summed E-state index contributed by atoms with van der Waals surface area (Å²) in [6.45, 7) is 7.01. The lowest BCUT2D eigenvalue weighted by Gasteiger charge is -2.27. The number of carbonyl (C=O) groups is 1. The van der Waals surface area contributed by atoms with Crippen LogP contribution in [0, 0.1) is 0 Å². The van der Waals surface area contributed by atoms with Crippen LogP contribution in [0.3, 0.4) is 0 Å². The van der Waals surface area contributed by atoms with Gasteiger partial charge in [-0.1, -0.05) is 30.7 Å². The van der Waals surface area contributed by atoms with E-state index in [0.29, 0.717) is 12.5 Å². The molecular formula is C20H34IN5O. The van der Waals surface area contributed by atoms with Crippen molar-refractivity contribution in [3.05, 3.63) is 35.4 Å². The fraction of sp³-hybridized carbons (Fsp3) is 0.600. The molecule has 0 saturated carbocycles. The van der Waals surface area contributed by atoms with E-state index < -0.39 is 0 Å². The van der Waals surface area contributed by atoms with E-state index in [-0.39, 0.29) is 36.4 Å². The second kappa shape index (κ2) is 12.9. The fourth-order valence-corrected chi connectivity index (χ4v) is 3.05. The van der Waals surface area contributed by atoms with Gasteiger partial charge in [0.2, 0.25) is 5.91 Å². The van der Waals surface area contributed by atoms with Crippen LogP contribution in [0.25, 0.3) is 0 Å². The minimum atomic E-state index is 0. The quantitative estimate of drug-likeness (QED) is 0.353. The molecule has 0 atom stereocenters. The van der Waals surface area contributed by atoms with Crippen LogP contribution in [0.15, 0.2) is 29.3 Å². The van der Waals surface area contributed by atoms with Crippen LogP contribution in [-0.4, -0.2) is 61.9 Å². The number of aliphatic imine (C=N–C) groups is 1. The largest absolute Gasteiger partial charge is 0.357 e. The Bertz CT molecular complexity index is 600. The Morgan fingerprint density at radius 2 is 1.78 bits per heavy atom. The molecule has 1 amide bonds. The second-order valence-electron chi connectivity index (χ2n) is 6.94. The van der Waals surface area contributed by atoms with Gasteiger partial charge in [0, 0.05) is 27.2 Å². The highest BCUT2D eigenvalue weighted by molar-refractivity contribution is 14.0. The van der Waals surface area contributed by atoms with Gasteiger partial charge in [0.15, 0.2) is 5.96 Å². The Morgan fingerprint density at radius 3 is 2.41 bits per heavy atom. The lowest BCUT2D eigenvalue weighted by Crippen LogP contribution is -2.42. The van der Waals surface area contributed by atoms with E-state index in [2.05, 4.69) is 44.8 Å². The molecule has 2 rings (SSSR count). The van der Waals surface area contributed by atoms with Crippen molar-refractivity contribution in [2.75, 3.05) is 40.3 Å². The minimum absolute atomic E-state index is 0. The van der Waals surface area contributed by atoms with Gasteiger partial charge in [0.25, 0.3) is 0 Å². The zero-order chi connectivity index (χ0) is 18.8. The molecule has 0 bridgehead atoms. The van der Waals surface area contributed by atoms with Crippen molar-refractivity contribution in [3.63, 3.8) is 0 Å². The van der Waals surface area contributed by atoms with E-state index in [9.17, 15) is 4.79 Å². The third-order valence-corrected chi connectivity index (χ3v) is 4.62. The first-order valence-corrected chi connectivity index (χ1v) is 9.61. The molecule has 1 saturated heterocycles. The Morgan fingerprint density at radius 1 is 1.11 bits per heavy atom. The topological polar surface area (TPSA) is 60.0 Å². The second-order valence-corrected chi connectivity index (χ2v) is 6.94. The predicted molar refractivity (Wildman–Crippen MR) is 122 cm³/mol. The molecule has 2 N–H and O–H groups in total. The molecule has 0 radical (unpaired) electrons. The highest BCUT2D eigenvalue weighted by Gasteiger charge is 2.12. The summed E-state index contributed by atoms with van der Waals surface area (Å²) in [6, 6.07) is 8.53. The Labute approximate surface area is 180 Å². The average Bonchev–Trinajstić information content (AvgIpc) is 2.65. The molecule has 27 heavy (non-hydrogen) atoms. The van der Waals surface area contributed by atoms with Crippen molar-refractivity contribution in [2.45, 2.75) is 39.3 Å². The van der Waals surface area contributed by atoms with Crippen molar-refractivity contribution >= 4 is 35.8 Å². The standard InChI is InChI=1S/C20H33N5O.HI/c1-4-21-20(23-15-19(26)24(2)3)22-14-17-10-6-7-11-18(17)16-25-12-8-5-9-13-25;/h6-7,10-11H,4-5,8-9,12-16H2,1-3H3,(H2,21,22,23);1H. The maximum atomic E-state index is 11.8. The molecule has 6 nitrogen and oxygen atoms in total. The summed E-state index contributed by atoms with van der Waals surface area (Å²) in [5, 5.41) is 6.32. The van der Waals surface area contributed by atoms with Gasteiger partial charge in [0.05, 0.1) is 13.1 Å². The lowest BCUT2D eigenvalue weighted by atomic mass is 10.1. The number of nitrogens with zero attached hydrogens (tertiary/aromatic N) is 3. The number of rotatable bonds is 7. The molecule has 1 aliphatic heterocycles. The summed E-state index contributed by atoms with van der Waals surface area (Å²) in [6.07, 6.45) is 3.95. The van der Waals surface area contributed by atoms with Crippen LogP contribution in [0.5, 0.6) is 0 Å². The third kappa shape index (κ3) is 8.47. The first-order valence-electron chi connectivity index (χ1n) is 9.61. The summed E-state index contributed by atoms with van der Waals surface area (Å²) < 4.78 is 0. The highest BCUT2D eigenvalue weighted by Crippen LogP contribution is 2.16. The molecule has 152 valence electrons. The van der Waals surface area contributed by atoms with Crippen LogP contribution in [0.1, 0.15) is 37.3 Å². The van der Waals surface area contributed by atoms with Gasteiger partial charge in [-0.3, -0.25) is 9.69 Å². The van der Waals surface area contributed by atoms with Gasteiger partial charge >= 0.3 is 0 Å². The van der Waals surface area contributed by atoms with Gasteiger partial charge in [-0.15, -0.1) is 24.0 Å². The van der Waals surface area contributed by atoms with Crippen LogP contribution in [0.2, 0.25) is 0 Å². The molecule has 0 aliphatic carbocycles. The van der Waals surface area contributed by atoms with Crippen LogP contribution in [0.4, 0.5) is 0 Å². The Balaban J connectivity index is 0.00000364. The number of guanidine groups is 1. The highest BCUT2D eigenvalue weighted by atomic mass is 127. The molecule has 1 heterocycles. The number of hydrogen-bond acceptors (Lipinski definition) is 3. The van der Waals surface area contributed by atoms with Crippen molar-refractivity contribution in [2.24, 2.45) is 4.99 Å². The van der Waals surface area contributed by atoms with E-state index in [1.54, 1.807) is 19.0 Å². The summed E-state index contributed by atoms with van der Waals surface area (Å²) in [5.74, 6) is 0.705. The van der Waals surface area contributed by atoms with E-state index in [1.807, 2.05) is 6.92 Å². The van der Waals surface area contributed by atoms with Gasteiger partial charge < -0.3 is 15.5 Å². The van der Waals surface area contributed by atoms with E-state index in [4.69, 9.17) is 0 Å². The van der Waals surface area contributed by atoms with Gasteiger partial charge in [0.1, 0.15) is 0 Å². The SMILES string of the molecule is CCNC(=NCc1ccccc1CN1CCCCC1)NCC(=O)N(C)C.I.